The second-order valence-electron chi connectivity index (χ2n) is 3.32. The van der Waals surface area contributed by atoms with Crippen LogP contribution in [0.15, 0.2) is 11.0 Å². The molecule has 1 aromatic rings. The molecule has 0 aromatic carbocycles. The van der Waals surface area contributed by atoms with E-state index < -0.39 is 0 Å². The van der Waals surface area contributed by atoms with Gasteiger partial charge >= 0.3 is 5.69 Å². The molecule has 4 nitrogen and oxygen atoms in total. The van der Waals surface area contributed by atoms with Crippen LogP contribution in [0.4, 0.5) is 0 Å². The van der Waals surface area contributed by atoms with Crippen molar-refractivity contribution in [3.05, 3.63) is 22.2 Å². The van der Waals surface area contributed by atoms with Crippen molar-refractivity contribution in [1.82, 2.24) is 9.55 Å². The van der Waals surface area contributed by atoms with Gasteiger partial charge in [0.2, 0.25) is 5.88 Å². The number of nitrogens with zero attached hydrogens (tertiary/aromatic N) is 2. The van der Waals surface area contributed by atoms with E-state index in [4.69, 9.17) is 4.74 Å². The highest BCUT2D eigenvalue weighted by molar-refractivity contribution is 5.20. The lowest BCUT2D eigenvalue weighted by molar-refractivity contribution is 0.293. The highest BCUT2D eigenvalue weighted by atomic mass is 16.5. The third kappa shape index (κ3) is 2.58. The average Bonchev–Trinajstić information content (AvgIpc) is 2.14. The predicted octanol–water partition coefficient (Wildman–Crippen LogP) is 1.27. The molecule has 0 atom stereocenters. The molecule has 0 saturated heterocycles. The molecule has 0 radical (unpaired) electrons. The van der Waals surface area contributed by atoms with Gasteiger partial charge in [0, 0.05) is 18.8 Å². The van der Waals surface area contributed by atoms with Crippen LogP contribution in [-0.2, 0) is 7.05 Å². The monoisotopic (exact) mass is 196 g/mol. The fraction of sp³-hybridized carbons (Fsp3) is 0.600. The smallest absolute Gasteiger partial charge is 0.350 e. The van der Waals surface area contributed by atoms with E-state index in [1.54, 1.807) is 13.2 Å². The molecular formula is C10H16N2O2. The molecule has 0 bridgehead atoms. The Hall–Kier alpha value is -1.32. The summed E-state index contributed by atoms with van der Waals surface area (Å²) in [6, 6.07) is 0. The molecule has 0 saturated carbocycles. The Morgan fingerprint density at radius 2 is 2.29 bits per heavy atom. The lowest BCUT2D eigenvalue weighted by Gasteiger charge is -2.07. The first-order chi connectivity index (χ1) is 6.65. The maximum absolute atomic E-state index is 11.2. The number of hydrogen-bond acceptors (Lipinski definition) is 3. The molecule has 1 heterocycles. The zero-order chi connectivity index (χ0) is 10.6. The molecule has 14 heavy (non-hydrogen) atoms. The molecule has 0 amide bonds. The number of ether oxygens (including phenoxy) is 1. The van der Waals surface area contributed by atoms with E-state index in [2.05, 4.69) is 11.9 Å². The van der Waals surface area contributed by atoms with Gasteiger partial charge in [-0.05, 0) is 13.3 Å². The van der Waals surface area contributed by atoms with Gasteiger partial charge in [-0.1, -0.05) is 13.3 Å². The number of aromatic nitrogens is 2. The quantitative estimate of drug-likeness (QED) is 0.681. The van der Waals surface area contributed by atoms with Crippen molar-refractivity contribution in [2.75, 3.05) is 6.61 Å². The third-order valence-electron chi connectivity index (χ3n) is 1.96. The van der Waals surface area contributed by atoms with Crippen molar-refractivity contribution in [3.63, 3.8) is 0 Å². The van der Waals surface area contributed by atoms with Crippen LogP contribution in [0.25, 0.3) is 0 Å². The summed E-state index contributed by atoms with van der Waals surface area (Å²) in [5, 5.41) is 0. The SMILES string of the molecule is CCCCOc1nc(=O)n(C)cc1C. The van der Waals surface area contributed by atoms with E-state index in [0.29, 0.717) is 12.5 Å². The highest BCUT2D eigenvalue weighted by Crippen LogP contribution is 2.10. The van der Waals surface area contributed by atoms with Crippen molar-refractivity contribution in [1.29, 1.82) is 0 Å². The van der Waals surface area contributed by atoms with Gasteiger partial charge in [-0.2, -0.15) is 4.98 Å². The summed E-state index contributed by atoms with van der Waals surface area (Å²) in [5.74, 6) is 0.460. The van der Waals surface area contributed by atoms with Gasteiger partial charge in [0.05, 0.1) is 6.61 Å². The minimum Gasteiger partial charge on any atom is -0.477 e. The van der Waals surface area contributed by atoms with Crippen LogP contribution in [-0.4, -0.2) is 16.2 Å². The fourth-order valence-corrected chi connectivity index (χ4v) is 1.11. The van der Waals surface area contributed by atoms with E-state index in [9.17, 15) is 4.79 Å². The topological polar surface area (TPSA) is 44.1 Å². The first kappa shape index (κ1) is 10.8. The van der Waals surface area contributed by atoms with Crippen LogP contribution in [0.2, 0.25) is 0 Å². The molecule has 0 spiro atoms. The van der Waals surface area contributed by atoms with Gasteiger partial charge < -0.3 is 9.30 Å². The minimum atomic E-state index is -0.276. The van der Waals surface area contributed by atoms with Crippen molar-refractivity contribution in [3.8, 4) is 5.88 Å². The summed E-state index contributed by atoms with van der Waals surface area (Å²) in [7, 11) is 1.68. The summed E-state index contributed by atoms with van der Waals surface area (Å²) in [6.07, 6.45) is 3.79. The van der Waals surface area contributed by atoms with Crippen molar-refractivity contribution < 1.29 is 4.74 Å². The van der Waals surface area contributed by atoms with Gasteiger partial charge in [0.15, 0.2) is 0 Å². The molecule has 0 fully saturated rings. The van der Waals surface area contributed by atoms with E-state index in [-0.39, 0.29) is 5.69 Å². The normalized spacial score (nSPS) is 10.2. The van der Waals surface area contributed by atoms with Crippen molar-refractivity contribution in [2.24, 2.45) is 7.05 Å². The minimum absolute atomic E-state index is 0.276. The molecule has 0 aliphatic carbocycles. The zero-order valence-corrected chi connectivity index (χ0v) is 8.91. The Bertz CT molecular complexity index is 358. The maximum atomic E-state index is 11.2. The van der Waals surface area contributed by atoms with Crippen LogP contribution in [0.1, 0.15) is 25.3 Å². The zero-order valence-electron chi connectivity index (χ0n) is 8.91. The summed E-state index contributed by atoms with van der Waals surface area (Å²) >= 11 is 0. The van der Waals surface area contributed by atoms with Gasteiger partial charge in [-0.3, -0.25) is 0 Å². The Morgan fingerprint density at radius 1 is 1.57 bits per heavy atom. The molecule has 0 N–H and O–H groups in total. The Balaban J connectivity index is 2.77. The molecule has 0 aliphatic rings. The Kier molecular flexibility index (Phi) is 3.68. The van der Waals surface area contributed by atoms with Crippen LogP contribution >= 0.6 is 0 Å². The van der Waals surface area contributed by atoms with E-state index in [1.807, 2.05) is 6.92 Å². The molecular weight excluding hydrogens is 180 g/mol. The second kappa shape index (κ2) is 4.79. The lowest BCUT2D eigenvalue weighted by atomic mass is 10.3. The van der Waals surface area contributed by atoms with Crippen LogP contribution in [0.3, 0.4) is 0 Å². The van der Waals surface area contributed by atoms with Crippen LogP contribution in [0, 0.1) is 6.92 Å². The number of hydrogen-bond donors (Lipinski definition) is 0. The lowest BCUT2D eigenvalue weighted by Crippen LogP contribution is -2.21. The van der Waals surface area contributed by atoms with Crippen LogP contribution < -0.4 is 10.4 Å². The summed E-state index contributed by atoms with van der Waals surface area (Å²) in [5.41, 5.74) is 0.616. The van der Waals surface area contributed by atoms with E-state index in [1.165, 1.54) is 4.57 Å². The van der Waals surface area contributed by atoms with Gasteiger partial charge in [0.1, 0.15) is 0 Å². The molecule has 0 unspecified atom stereocenters. The molecule has 0 aliphatic heterocycles. The van der Waals surface area contributed by atoms with Crippen molar-refractivity contribution in [2.45, 2.75) is 26.7 Å². The van der Waals surface area contributed by atoms with Gasteiger partial charge in [-0.25, -0.2) is 4.79 Å². The van der Waals surface area contributed by atoms with E-state index >= 15 is 0 Å². The fourth-order valence-electron chi connectivity index (χ4n) is 1.11. The molecule has 1 rings (SSSR count). The summed E-state index contributed by atoms with van der Waals surface area (Å²) in [6.45, 7) is 4.60. The summed E-state index contributed by atoms with van der Waals surface area (Å²) in [4.78, 5) is 15.0. The first-order valence-electron chi connectivity index (χ1n) is 4.82. The van der Waals surface area contributed by atoms with Crippen LogP contribution in [0.5, 0.6) is 5.88 Å². The van der Waals surface area contributed by atoms with Gasteiger partial charge in [0.25, 0.3) is 0 Å². The molecule has 4 heteroatoms. The largest absolute Gasteiger partial charge is 0.477 e. The molecule has 78 valence electrons. The highest BCUT2D eigenvalue weighted by Gasteiger charge is 2.03. The Morgan fingerprint density at radius 3 is 2.93 bits per heavy atom. The maximum Gasteiger partial charge on any atom is 0.350 e. The second-order valence-corrected chi connectivity index (χ2v) is 3.32. The van der Waals surface area contributed by atoms with Crippen molar-refractivity contribution >= 4 is 0 Å². The van der Waals surface area contributed by atoms with E-state index in [0.717, 1.165) is 18.4 Å². The number of unbranched alkanes of at least 4 members (excludes halogenated alkanes) is 1. The average molecular weight is 196 g/mol. The van der Waals surface area contributed by atoms with Gasteiger partial charge in [-0.15, -0.1) is 0 Å². The molecule has 1 aromatic heterocycles. The predicted molar refractivity (Wildman–Crippen MR) is 54.6 cm³/mol. The standard InChI is InChI=1S/C10H16N2O2/c1-4-5-6-14-9-8(2)7-12(3)10(13)11-9/h7H,4-6H2,1-3H3. The Labute approximate surface area is 83.5 Å². The number of aryl methyl sites for hydroxylation is 2. The number of rotatable bonds is 4. The third-order valence-corrected chi connectivity index (χ3v) is 1.96. The first-order valence-corrected chi connectivity index (χ1v) is 4.82. The summed E-state index contributed by atoms with van der Waals surface area (Å²) < 4.78 is 6.84.